The van der Waals surface area contributed by atoms with Crippen LogP contribution < -0.4 is 0 Å². The average molecular weight is 322 g/mol. The van der Waals surface area contributed by atoms with E-state index in [1.165, 1.54) is 0 Å². The number of rotatable bonds is 17. The second-order valence-corrected chi connectivity index (χ2v) is 4.50. The Balaban J connectivity index is 3.06. The van der Waals surface area contributed by atoms with Crippen LogP contribution in [-0.2, 0) is 28.5 Å². The van der Waals surface area contributed by atoms with Gasteiger partial charge >= 0.3 is 5.97 Å². The fraction of sp³-hybridized carbons (Fsp3) is 0.933. The van der Waals surface area contributed by atoms with Gasteiger partial charge in [0.05, 0.1) is 72.5 Å². The first-order valence-electron chi connectivity index (χ1n) is 7.88. The zero-order valence-corrected chi connectivity index (χ0v) is 13.6. The van der Waals surface area contributed by atoms with Crippen molar-refractivity contribution in [3.8, 4) is 0 Å². The van der Waals surface area contributed by atoms with Crippen molar-refractivity contribution in [3.05, 3.63) is 0 Å². The van der Waals surface area contributed by atoms with Crippen molar-refractivity contribution in [2.75, 3.05) is 66.1 Å². The molecule has 0 atom stereocenters. The molecule has 0 rings (SSSR count). The average Bonchev–Trinajstić information content (AvgIpc) is 2.52. The first-order valence-corrected chi connectivity index (χ1v) is 7.88. The van der Waals surface area contributed by atoms with Gasteiger partial charge in [-0.3, -0.25) is 4.79 Å². The largest absolute Gasteiger partial charge is 0.466 e. The predicted molar refractivity (Wildman–Crippen MR) is 80.8 cm³/mol. The summed E-state index contributed by atoms with van der Waals surface area (Å²) in [6.45, 7) is 6.11. The number of hydrogen-bond acceptors (Lipinski definition) is 7. The van der Waals surface area contributed by atoms with Crippen LogP contribution >= 0.6 is 0 Å². The van der Waals surface area contributed by atoms with Gasteiger partial charge in [-0.1, -0.05) is 13.3 Å². The Labute approximate surface area is 132 Å². The lowest BCUT2D eigenvalue weighted by Gasteiger charge is -2.07. The first-order chi connectivity index (χ1) is 10.8. The Morgan fingerprint density at radius 3 is 1.77 bits per heavy atom. The van der Waals surface area contributed by atoms with E-state index >= 15 is 0 Å². The van der Waals surface area contributed by atoms with Crippen LogP contribution in [-0.4, -0.2) is 77.1 Å². The zero-order valence-electron chi connectivity index (χ0n) is 13.6. The third kappa shape index (κ3) is 17.3. The van der Waals surface area contributed by atoms with Gasteiger partial charge in [0, 0.05) is 0 Å². The van der Waals surface area contributed by atoms with Crippen LogP contribution in [0, 0.1) is 0 Å². The van der Waals surface area contributed by atoms with Gasteiger partial charge in [0.2, 0.25) is 0 Å². The van der Waals surface area contributed by atoms with Crippen molar-refractivity contribution in [2.45, 2.75) is 26.2 Å². The smallest absolute Gasteiger partial charge is 0.308 e. The summed E-state index contributed by atoms with van der Waals surface area (Å²) in [6.07, 6.45) is 2.19. The summed E-state index contributed by atoms with van der Waals surface area (Å²) in [5.74, 6) is -0.216. The van der Waals surface area contributed by atoms with Gasteiger partial charge in [-0.2, -0.15) is 0 Å². The topological polar surface area (TPSA) is 83.5 Å². The molecule has 0 fully saturated rings. The summed E-state index contributed by atoms with van der Waals surface area (Å²) in [4.78, 5) is 11.2. The van der Waals surface area contributed by atoms with Crippen LogP contribution in [0.15, 0.2) is 0 Å². The molecule has 0 radical (unpaired) electrons. The van der Waals surface area contributed by atoms with Crippen LogP contribution in [0.2, 0.25) is 0 Å². The summed E-state index contributed by atoms with van der Waals surface area (Å²) in [5.41, 5.74) is 0. The Bertz CT molecular complexity index is 236. The summed E-state index contributed by atoms with van der Waals surface area (Å²) in [6, 6.07) is 0. The van der Waals surface area contributed by atoms with Crippen LogP contribution in [0.4, 0.5) is 0 Å². The van der Waals surface area contributed by atoms with E-state index in [4.69, 9.17) is 28.8 Å². The fourth-order valence-electron chi connectivity index (χ4n) is 1.38. The number of aliphatic hydroxyl groups excluding tert-OH is 1. The number of unbranched alkanes of at least 4 members (excludes halogenated alkanes) is 1. The molecular weight excluding hydrogens is 292 g/mol. The van der Waals surface area contributed by atoms with E-state index < -0.39 is 0 Å². The van der Waals surface area contributed by atoms with Crippen LogP contribution in [0.5, 0.6) is 0 Å². The maximum absolute atomic E-state index is 11.2. The first kappa shape index (κ1) is 21.3. The molecule has 1 N–H and O–H groups in total. The Morgan fingerprint density at radius 2 is 1.27 bits per heavy atom. The highest BCUT2D eigenvalue weighted by Gasteiger charge is 2.01. The van der Waals surface area contributed by atoms with Crippen LogP contribution in [0.25, 0.3) is 0 Å². The molecule has 0 saturated heterocycles. The second kappa shape index (κ2) is 18.3. The molecule has 0 aliphatic heterocycles. The van der Waals surface area contributed by atoms with Gasteiger partial charge in [-0.25, -0.2) is 0 Å². The molecule has 7 heteroatoms. The number of ether oxygens (including phenoxy) is 5. The van der Waals surface area contributed by atoms with Crippen molar-refractivity contribution < 1.29 is 33.6 Å². The van der Waals surface area contributed by atoms with Gasteiger partial charge in [-0.05, 0) is 6.42 Å². The zero-order chi connectivity index (χ0) is 16.3. The SMILES string of the molecule is CCCCOC(=O)CCOCCOCCOCCOCCO. The molecule has 0 amide bonds. The molecule has 0 saturated carbocycles. The maximum atomic E-state index is 11.2. The highest BCUT2D eigenvalue weighted by Crippen LogP contribution is 1.93. The molecule has 0 aliphatic carbocycles. The van der Waals surface area contributed by atoms with Crippen molar-refractivity contribution >= 4 is 5.97 Å². The molecular formula is C15H30O7. The summed E-state index contributed by atoms with van der Waals surface area (Å²) >= 11 is 0. The normalized spacial score (nSPS) is 10.8. The van der Waals surface area contributed by atoms with Crippen molar-refractivity contribution in [1.82, 2.24) is 0 Å². The number of carbonyl (C=O) groups excluding carboxylic acids is 1. The summed E-state index contributed by atoms with van der Waals surface area (Å²) in [7, 11) is 0. The number of esters is 1. The van der Waals surface area contributed by atoms with Gasteiger partial charge in [0.25, 0.3) is 0 Å². The molecule has 0 unspecified atom stereocenters. The molecule has 0 bridgehead atoms. The number of aliphatic hydroxyl groups is 1. The third-order valence-electron chi connectivity index (χ3n) is 2.56. The van der Waals surface area contributed by atoms with E-state index in [-0.39, 0.29) is 19.0 Å². The lowest BCUT2D eigenvalue weighted by Crippen LogP contribution is -2.14. The molecule has 0 heterocycles. The molecule has 0 aromatic heterocycles. The van der Waals surface area contributed by atoms with E-state index in [1.807, 2.05) is 6.92 Å². The lowest BCUT2D eigenvalue weighted by molar-refractivity contribution is -0.145. The highest BCUT2D eigenvalue weighted by atomic mass is 16.6. The molecule has 0 spiro atoms. The van der Waals surface area contributed by atoms with E-state index in [2.05, 4.69) is 0 Å². The summed E-state index contributed by atoms with van der Waals surface area (Å²) in [5, 5.41) is 8.48. The minimum Gasteiger partial charge on any atom is -0.466 e. The van der Waals surface area contributed by atoms with E-state index in [1.54, 1.807) is 0 Å². The van der Waals surface area contributed by atoms with Crippen molar-refractivity contribution in [1.29, 1.82) is 0 Å². The van der Waals surface area contributed by atoms with Gasteiger partial charge in [0.1, 0.15) is 0 Å². The van der Waals surface area contributed by atoms with E-state index in [9.17, 15) is 4.79 Å². The van der Waals surface area contributed by atoms with Crippen LogP contribution in [0.3, 0.4) is 0 Å². The van der Waals surface area contributed by atoms with Crippen molar-refractivity contribution in [2.24, 2.45) is 0 Å². The van der Waals surface area contributed by atoms with E-state index in [0.29, 0.717) is 59.5 Å². The minimum atomic E-state index is -0.216. The Kier molecular flexibility index (Phi) is 17.7. The molecule has 132 valence electrons. The Hall–Kier alpha value is -0.730. The predicted octanol–water partition coefficient (Wildman–Crippen LogP) is 0.779. The highest BCUT2D eigenvalue weighted by molar-refractivity contribution is 5.69. The van der Waals surface area contributed by atoms with E-state index in [0.717, 1.165) is 12.8 Å². The second-order valence-electron chi connectivity index (χ2n) is 4.50. The molecule has 22 heavy (non-hydrogen) atoms. The lowest BCUT2D eigenvalue weighted by atomic mass is 10.4. The monoisotopic (exact) mass is 322 g/mol. The number of hydrogen-bond donors (Lipinski definition) is 1. The van der Waals surface area contributed by atoms with Gasteiger partial charge in [0.15, 0.2) is 0 Å². The molecule has 7 nitrogen and oxygen atoms in total. The van der Waals surface area contributed by atoms with Gasteiger partial charge < -0.3 is 28.8 Å². The maximum Gasteiger partial charge on any atom is 0.308 e. The number of carbonyl (C=O) groups is 1. The third-order valence-corrected chi connectivity index (χ3v) is 2.56. The van der Waals surface area contributed by atoms with Crippen molar-refractivity contribution in [3.63, 3.8) is 0 Å². The van der Waals surface area contributed by atoms with Crippen LogP contribution in [0.1, 0.15) is 26.2 Å². The van der Waals surface area contributed by atoms with Gasteiger partial charge in [-0.15, -0.1) is 0 Å². The molecule has 0 aliphatic rings. The quantitative estimate of drug-likeness (QED) is 0.313. The summed E-state index contributed by atoms with van der Waals surface area (Å²) < 4.78 is 25.9. The fourth-order valence-corrected chi connectivity index (χ4v) is 1.38. The minimum absolute atomic E-state index is 0.0274. The standard InChI is InChI=1S/C15H30O7/c1-2-3-6-22-15(17)4-7-18-9-11-20-13-14-21-12-10-19-8-5-16/h16H,2-14H2,1H3. The molecule has 0 aromatic carbocycles. The Morgan fingerprint density at radius 1 is 0.773 bits per heavy atom. The molecule has 0 aromatic rings.